The molecule has 0 bridgehead atoms. The van der Waals surface area contributed by atoms with Crippen LogP contribution in [0, 0.1) is 5.92 Å². The van der Waals surface area contributed by atoms with Gasteiger partial charge in [0.25, 0.3) is 5.56 Å². The lowest BCUT2D eigenvalue weighted by Crippen LogP contribution is -2.44. The van der Waals surface area contributed by atoms with Gasteiger partial charge in [0.15, 0.2) is 5.69 Å². The summed E-state index contributed by atoms with van der Waals surface area (Å²) in [5.74, 6) is 1.10. The lowest BCUT2D eigenvalue weighted by atomic mass is 10.2. The van der Waals surface area contributed by atoms with Crippen LogP contribution in [-0.4, -0.2) is 51.5 Å². The molecular formula is C22H30N6O4S. The fraction of sp³-hybridized carbons (Fsp3) is 0.455. The van der Waals surface area contributed by atoms with E-state index in [2.05, 4.69) is 9.97 Å². The van der Waals surface area contributed by atoms with Crippen LogP contribution in [-0.2, 0) is 28.4 Å². The largest absolute Gasteiger partial charge is 0.383 e. The summed E-state index contributed by atoms with van der Waals surface area (Å²) in [5, 5.41) is 0. The summed E-state index contributed by atoms with van der Waals surface area (Å²) in [6, 6.07) is 7.59. The van der Waals surface area contributed by atoms with Crippen LogP contribution < -0.4 is 21.9 Å². The van der Waals surface area contributed by atoms with Gasteiger partial charge in [-0.25, -0.2) is 9.78 Å². The van der Waals surface area contributed by atoms with Gasteiger partial charge < -0.3 is 19.9 Å². The Hall–Kier alpha value is -3.05. The molecule has 11 heteroatoms. The topological polar surface area (TPSA) is 128 Å². The van der Waals surface area contributed by atoms with Crippen LogP contribution in [0.5, 0.6) is 0 Å². The molecule has 3 aromatic rings. The van der Waals surface area contributed by atoms with Crippen molar-refractivity contribution in [2.75, 3.05) is 37.2 Å². The van der Waals surface area contributed by atoms with Crippen molar-refractivity contribution in [3.05, 3.63) is 50.9 Å². The van der Waals surface area contributed by atoms with Crippen molar-refractivity contribution in [3.63, 3.8) is 0 Å². The van der Waals surface area contributed by atoms with E-state index in [1.54, 1.807) is 11.8 Å². The van der Waals surface area contributed by atoms with Crippen LogP contribution in [0.1, 0.15) is 19.7 Å². The minimum absolute atomic E-state index is 0.0394. The van der Waals surface area contributed by atoms with Crippen molar-refractivity contribution < 1.29 is 9.53 Å². The predicted molar refractivity (Wildman–Crippen MR) is 132 cm³/mol. The number of nitrogens with zero attached hydrogens (tertiary/aromatic N) is 4. The van der Waals surface area contributed by atoms with Crippen LogP contribution in [0.25, 0.3) is 11.0 Å². The molecule has 0 aliphatic heterocycles. The molecule has 33 heavy (non-hydrogen) atoms. The van der Waals surface area contributed by atoms with Crippen molar-refractivity contribution in [3.8, 4) is 0 Å². The number of thioether (sulfide) groups is 1. The molecule has 0 saturated carbocycles. The Kier molecular flexibility index (Phi) is 7.98. The molecule has 0 fully saturated rings. The number of anilines is 2. The highest BCUT2D eigenvalue weighted by Gasteiger charge is 2.26. The highest BCUT2D eigenvalue weighted by molar-refractivity contribution is 7.97. The molecule has 0 unspecified atom stereocenters. The zero-order valence-corrected chi connectivity index (χ0v) is 20.1. The minimum atomic E-state index is -0.707. The van der Waals surface area contributed by atoms with Gasteiger partial charge >= 0.3 is 5.69 Å². The third kappa shape index (κ3) is 5.31. The average Bonchev–Trinajstić information content (AvgIpc) is 3.10. The first-order valence-electron chi connectivity index (χ1n) is 10.6. The van der Waals surface area contributed by atoms with E-state index >= 15 is 0 Å². The second kappa shape index (κ2) is 10.7. The van der Waals surface area contributed by atoms with E-state index in [0.29, 0.717) is 12.3 Å². The van der Waals surface area contributed by atoms with Crippen molar-refractivity contribution >= 4 is 40.2 Å². The van der Waals surface area contributed by atoms with E-state index in [-0.39, 0.29) is 43.0 Å². The maximum Gasteiger partial charge on any atom is 0.330 e. The number of hydrogen-bond acceptors (Lipinski definition) is 7. The standard InChI is InChI=1S/C22H30N6O4S/c1-14(2)11-28-20(23)19(21(30)25-22(28)31)26(9-10-32-3)18(29)12-27-16-8-6-5-7-15(16)24-17(27)13-33-4/h5-8,14H,9-13,23H2,1-4H3,(H,25,30,31). The predicted octanol–water partition coefficient (Wildman–Crippen LogP) is 1.67. The third-order valence-corrected chi connectivity index (χ3v) is 5.70. The lowest BCUT2D eigenvalue weighted by molar-refractivity contribution is -0.119. The van der Waals surface area contributed by atoms with Gasteiger partial charge in [0.1, 0.15) is 18.2 Å². The Morgan fingerprint density at radius 1 is 1.27 bits per heavy atom. The van der Waals surface area contributed by atoms with Gasteiger partial charge in [-0.3, -0.25) is 19.1 Å². The number of aromatic amines is 1. The summed E-state index contributed by atoms with van der Waals surface area (Å²) in [4.78, 5) is 47.0. The van der Waals surface area contributed by atoms with Crippen molar-refractivity contribution in [2.45, 2.75) is 32.7 Å². The molecule has 3 rings (SSSR count). The van der Waals surface area contributed by atoms with Gasteiger partial charge in [0.2, 0.25) is 5.91 Å². The van der Waals surface area contributed by atoms with Gasteiger partial charge in [0, 0.05) is 20.2 Å². The number of carbonyl (C=O) groups is 1. The number of nitrogens with two attached hydrogens (primary N) is 1. The number of hydrogen-bond donors (Lipinski definition) is 2. The number of ether oxygens (including phenoxy) is 1. The second-order valence-electron chi connectivity index (χ2n) is 8.07. The summed E-state index contributed by atoms with van der Waals surface area (Å²) >= 11 is 1.60. The number of imidazole rings is 1. The second-order valence-corrected chi connectivity index (χ2v) is 8.94. The van der Waals surface area contributed by atoms with Gasteiger partial charge in [0.05, 0.1) is 23.4 Å². The summed E-state index contributed by atoms with van der Waals surface area (Å²) in [7, 11) is 1.51. The number of nitrogens with one attached hydrogen (secondary N) is 1. The number of rotatable bonds is 10. The lowest BCUT2D eigenvalue weighted by Gasteiger charge is -2.25. The van der Waals surface area contributed by atoms with Gasteiger partial charge in [-0.05, 0) is 24.3 Å². The quantitative estimate of drug-likeness (QED) is 0.457. The number of para-hydroxylation sites is 2. The SMILES string of the molecule is COCCN(C(=O)Cn1c(CSC)nc2ccccc21)c1c(N)n(CC(C)C)c(=O)[nH]c1=O. The van der Waals surface area contributed by atoms with Crippen molar-refractivity contribution in [2.24, 2.45) is 5.92 Å². The normalized spacial score (nSPS) is 11.4. The zero-order valence-electron chi connectivity index (χ0n) is 19.3. The highest BCUT2D eigenvalue weighted by Crippen LogP contribution is 2.22. The number of benzene rings is 1. The zero-order chi connectivity index (χ0) is 24.1. The van der Waals surface area contributed by atoms with Crippen molar-refractivity contribution in [1.29, 1.82) is 0 Å². The number of amides is 1. The van der Waals surface area contributed by atoms with Gasteiger partial charge in [-0.15, -0.1) is 0 Å². The summed E-state index contributed by atoms with van der Waals surface area (Å²) in [6.07, 6.45) is 1.97. The summed E-state index contributed by atoms with van der Waals surface area (Å²) in [6.45, 7) is 4.43. The molecule has 1 amide bonds. The fourth-order valence-corrected chi connectivity index (χ4v) is 4.17. The van der Waals surface area contributed by atoms with Gasteiger partial charge in [-0.2, -0.15) is 11.8 Å². The molecule has 0 aliphatic carbocycles. The molecule has 0 saturated heterocycles. The van der Waals surface area contributed by atoms with E-state index < -0.39 is 11.2 Å². The third-order valence-electron chi connectivity index (χ3n) is 5.15. The number of H-pyrrole nitrogens is 1. The number of carbonyl (C=O) groups excluding carboxylic acids is 1. The van der Waals surface area contributed by atoms with Crippen LogP contribution in [0.3, 0.4) is 0 Å². The highest BCUT2D eigenvalue weighted by atomic mass is 32.2. The Bertz CT molecular complexity index is 1250. The molecule has 3 N–H and O–H groups in total. The molecule has 0 aliphatic rings. The van der Waals surface area contributed by atoms with Crippen LogP contribution >= 0.6 is 11.8 Å². The first-order valence-corrected chi connectivity index (χ1v) is 12.0. The maximum atomic E-state index is 13.6. The monoisotopic (exact) mass is 474 g/mol. The maximum absolute atomic E-state index is 13.6. The summed E-state index contributed by atoms with van der Waals surface area (Å²) in [5.41, 5.74) is 6.54. The molecule has 178 valence electrons. The Balaban J connectivity index is 2.08. The number of nitrogen functional groups attached to an aromatic ring is 1. The molecule has 0 radical (unpaired) electrons. The first-order chi connectivity index (χ1) is 15.8. The van der Waals surface area contributed by atoms with E-state index in [9.17, 15) is 14.4 Å². The number of fused-ring (bicyclic) bond motifs is 1. The van der Waals surface area contributed by atoms with E-state index in [4.69, 9.17) is 10.5 Å². The molecule has 10 nitrogen and oxygen atoms in total. The van der Waals surface area contributed by atoms with E-state index in [0.717, 1.165) is 16.9 Å². The van der Waals surface area contributed by atoms with Crippen LogP contribution in [0.4, 0.5) is 11.5 Å². The average molecular weight is 475 g/mol. The van der Waals surface area contributed by atoms with E-state index in [1.807, 2.05) is 48.9 Å². The smallest absolute Gasteiger partial charge is 0.330 e. The molecule has 0 spiro atoms. The Labute approximate surface area is 195 Å². The molecular weight excluding hydrogens is 444 g/mol. The van der Waals surface area contributed by atoms with Crippen LogP contribution in [0.2, 0.25) is 0 Å². The van der Waals surface area contributed by atoms with Crippen molar-refractivity contribution in [1.82, 2.24) is 19.1 Å². The molecule has 2 heterocycles. The number of aromatic nitrogens is 4. The minimum Gasteiger partial charge on any atom is -0.383 e. The first kappa shape index (κ1) is 24.6. The number of methoxy groups -OCH3 is 1. The molecule has 1 aromatic carbocycles. The fourth-order valence-electron chi connectivity index (χ4n) is 3.69. The Morgan fingerprint density at radius 2 is 2.00 bits per heavy atom. The van der Waals surface area contributed by atoms with Gasteiger partial charge in [-0.1, -0.05) is 26.0 Å². The van der Waals surface area contributed by atoms with E-state index in [1.165, 1.54) is 16.6 Å². The summed E-state index contributed by atoms with van der Waals surface area (Å²) < 4.78 is 8.31. The Morgan fingerprint density at radius 3 is 2.67 bits per heavy atom. The molecule has 0 atom stereocenters. The van der Waals surface area contributed by atoms with Crippen LogP contribution in [0.15, 0.2) is 33.9 Å². The molecule has 2 aromatic heterocycles.